The van der Waals surface area contributed by atoms with Crippen LogP contribution in [0.4, 0.5) is 0 Å². The lowest BCUT2D eigenvalue weighted by atomic mass is 10.3. The largest absolute Gasteiger partial charge is 0.491 e. The monoisotopic (exact) mass is 329 g/mol. The third-order valence-corrected chi connectivity index (χ3v) is 3.84. The first-order valence-electron chi connectivity index (χ1n) is 7.09. The SMILES string of the molecule is CCOc1cccnc1C(=O)NCc1nc(-c2cccs2)n[nH]1. The number of aromatic nitrogens is 4. The number of carbonyl (C=O) groups excluding carboxylic acids is 1. The summed E-state index contributed by atoms with van der Waals surface area (Å²) in [4.78, 5) is 21.6. The number of hydrogen-bond acceptors (Lipinski definition) is 6. The Morgan fingerprint density at radius 3 is 3.09 bits per heavy atom. The van der Waals surface area contributed by atoms with Gasteiger partial charge in [-0.05, 0) is 30.5 Å². The van der Waals surface area contributed by atoms with Gasteiger partial charge in [0.1, 0.15) is 5.82 Å². The van der Waals surface area contributed by atoms with Gasteiger partial charge in [0.2, 0.25) is 0 Å². The molecule has 3 heterocycles. The Balaban J connectivity index is 1.65. The molecule has 0 aliphatic heterocycles. The molecule has 3 aromatic heterocycles. The molecule has 0 saturated carbocycles. The normalized spacial score (nSPS) is 10.5. The highest BCUT2D eigenvalue weighted by molar-refractivity contribution is 7.13. The summed E-state index contributed by atoms with van der Waals surface area (Å²) in [5.74, 6) is 1.35. The molecule has 0 spiro atoms. The van der Waals surface area contributed by atoms with E-state index >= 15 is 0 Å². The summed E-state index contributed by atoms with van der Waals surface area (Å²) in [6.45, 7) is 2.56. The fraction of sp³-hybridized carbons (Fsp3) is 0.200. The first-order chi connectivity index (χ1) is 11.3. The molecule has 0 radical (unpaired) electrons. The second-order valence-corrected chi connectivity index (χ2v) is 5.50. The minimum absolute atomic E-state index is 0.235. The zero-order chi connectivity index (χ0) is 16.1. The minimum Gasteiger partial charge on any atom is -0.491 e. The molecule has 118 valence electrons. The lowest BCUT2D eigenvalue weighted by Crippen LogP contribution is -2.25. The van der Waals surface area contributed by atoms with E-state index in [0.29, 0.717) is 24.0 Å². The first kappa shape index (κ1) is 15.2. The van der Waals surface area contributed by atoms with E-state index in [9.17, 15) is 4.79 Å². The second-order valence-electron chi connectivity index (χ2n) is 4.55. The average molecular weight is 329 g/mol. The molecule has 0 aromatic carbocycles. The van der Waals surface area contributed by atoms with Crippen molar-refractivity contribution < 1.29 is 9.53 Å². The van der Waals surface area contributed by atoms with Gasteiger partial charge in [-0.1, -0.05) is 6.07 Å². The maximum Gasteiger partial charge on any atom is 0.274 e. The first-order valence-corrected chi connectivity index (χ1v) is 7.97. The third kappa shape index (κ3) is 3.54. The molecule has 8 heteroatoms. The highest BCUT2D eigenvalue weighted by Gasteiger charge is 2.14. The van der Waals surface area contributed by atoms with Crippen molar-refractivity contribution in [3.05, 3.63) is 47.4 Å². The van der Waals surface area contributed by atoms with Crippen LogP contribution >= 0.6 is 11.3 Å². The number of aromatic amines is 1. The Morgan fingerprint density at radius 2 is 2.30 bits per heavy atom. The van der Waals surface area contributed by atoms with Crippen LogP contribution in [0.3, 0.4) is 0 Å². The van der Waals surface area contributed by atoms with E-state index in [1.807, 2.05) is 24.4 Å². The maximum absolute atomic E-state index is 12.2. The van der Waals surface area contributed by atoms with Crippen LogP contribution in [0.1, 0.15) is 23.2 Å². The van der Waals surface area contributed by atoms with E-state index in [1.165, 1.54) is 0 Å². The average Bonchev–Trinajstić information content (AvgIpc) is 3.24. The van der Waals surface area contributed by atoms with E-state index in [4.69, 9.17) is 4.74 Å². The lowest BCUT2D eigenvalue weighted by molar-refractivity contribution is 0.0940. The van der Waals surface area contributed by atoms with Gasteiger partial charge in [0.05, 0.1) is 18.0 Å². The van der Waals surface area contributed by atoms with Gasteiger partial charge in [-0.15, -0.1) is 11.3 Å². The molecule has 0 aliphatic rings. The summed E-state index contributed by atoms with van der Waals surface area (Å²) in [7, 11) is 0. The molecule has 0 unspecified atom stereocenters. The van der Waals surface area contributed by atoms with Crippen molar-refractivity contribution >= 4 is 17.2 Å². The molecule has 3 aromatic rings. The summed E-state index contributed by atoms with van der Waals surface area (Å²) < 4.78 is 5.41. The molecule has 1 amide bonds. The summed E-state index contributed by atoms with van der Waals surface area (Å²) in [5.41, 5.74) is 0.257. The number of carbonyl (C=O) groups is 1. The van der Waals surface area contributed by atoms with Crippen molar-refractivity contribution in [3.8, 4) is 16.5 Å². The standard InChI is InChI=1S/C15H15N5O2S/c1-2-22-10-5-3-7-16-13(10)15(21)17-9-12-18-14(20-19-12)11-6-4-8-23-11/h3-8H,2,9H2,1H3,(H,17,21)(H,18,19,20). The van der Waals surface area contributed by atoms with E-state index in [1.54, 1.807) is 29.7 Å². The van der Waals surface area contributed by atoms with Gasteiger partial charge in [0, 0.05) is 6.20 Å². The molecule has 23 heavy (non-hydrogen) atoms. The van der Waals surface area contributed by atoms with Crippen LogP contribution in [0.2, 0.25) is 0 Å². The smallest absolute Gasteiger partial charge is 0.274 e. The topological polar surface area (TPSA) is 92.8 Å². The van der Waals surface area contributed by atoms with Crippen molar-refractivity contribution in [2.75, 3.05) is 6.61 Å². The Kier molecular flexibility index (Phi) is 4.62. The molecule has 0 aliphatic carbocycles. The minimum atomic E-state index is -0.317. The fourth-order valence-electron chi connectivity index (χ4n) is 1.97. The summed E-state index contributed by atoms with van der Waals surface area (Å²) in [6.07, 6.45) is 1.56. The molecular weight excluding hydrogens is 314 g/mol. The summed E-state index contributed by atoms with van der Waals surface area (Å²) in [6, 6.07) is 7.33. The van der Waals surface area contributed by atoms with Crippen molar-refractivity contribution in [2.24, 2.45) is 0 Å². The predicted molar refractivity (Wildman–Crippen MR) is 86.3 cm³/mol. The second kappa shape index (κ2) is 7.01. The number of rotatable bonds is 6. The van der Waals surface area contributed by atoms with Crippen molar-refractivity contribution in [1.82, 2.24) is 25.5 Å². The van der Waals surface area contributed by atoms with Crippen LogP contribution in [0.5, 0.6) is 5.75 Å². The molecular formula is C15H15N5O2S. The van der Waals surface area contributed by atoms with Gasteiger partial charge >= 0.3 is 0 Å². The van der Waals surface area contributed by atoms with Crippen LogP contribution in [0.15, 0.2) is 35.8 Å². The van der Waals surface area contributed by atoms with Crippen LogP contribution in [-0.2, 0) is 6.54 Å². The van der Waals surface area contributed by atoms with Crippen molar-refractivity contribution in [2.45, 2.75) is 13.5 Å². The van der Waals surface area contributed by atoms with Crippen LogP contribution in [0, 0.1) is 0 Å². The van der Waals surface area contributed by atoms with Gasteiger partial charge in [-0.2, -0.15) is 5.10 Å². The van der Waals surface area contributed by atoms with Crippen LogP contribution in [-0.4, -0.2) is 32.7 Å². The Hall–Kier alpha value is -2.74. The number of thiophene rings is 1. The highest BCUT2D eigenvalue weighted by Crippen LogP contribution is 2.20. The number of amides is 1. The van der Waals surface area contributed by atoms with E-state index in [0.717, 1.165) is 4.88 Å². The fourth-order valence-corrected chi connectivity index (χ4v) is 2.63. The molecule has 0 fully saturated rings. The van der Waals surface area contributed by atoms with E-state index < -0.39 is 0 Å². The number of ether oxygens (including phenoxy) is 1. The zero-order valence-electron chi connectivity index (χ0n) is 12.4. The number of H-pyrrole nitrogens is 1. The summed E-state index contributed by atoms with van der Waals surface area (Å²) >= 11 is 1.56. The summed E-state index contributed by atoms with van der Waals surface area (Å²) in [5, 5.41) is 11.7. The maximum atomic E-state index is 12.2. The van der Waals surface area contributed by atoms with Gasteiger partial charge < -0.3 is 10.1 Å². The van der Waals surface area contributed by atoms with Gasteiger partial charge in [0.15, 0.2) is 17.3 Å². The number of nitrogens with one attached hydrogen (secondary N) is 2. The van der Waals surface area contributed by atoms with Crippen LogP contribution in [0.25, 0.3) is 10.7 Å². The highest BCUT2D eigenvalue weighted by atomic mass is 32.1. The van der Waals surface area contributed by atoms with E-state index in [2.05, 4.69) is 25.5 Å². The van der Waals surface area contributed by atoms with Gasteiger partial charge in [0.25, 0.3) is 5.91 Å². The quantitative estimate of drug-likeness (QED) is 0.723. The Bertz CT molecular complexity index is 785. The zero-order valence-corrected chi connectivity index (χ0v) is 13.3. The molecule has 7 nitrogen and oxygen atoms in total. The van der Waals surface area contributed by atoms with Crippen molar-refractivity contribution in [3.63, 3.8) is 0 Å². The number of pyridine rings is 1. The molecule has 3 rings (SSSR count). The Morgan fingerprint density at radius 1 is 1.39 bits per heavy atom. The Labute approximate surface area is 136 Å². The number of nitrogens with zero attached hydrogens (tertiary/aromatic N) is 3. The van der Waals surface area contributed by atoms with Crippen LogP contribution < -0.4 is 10.1 Å². The third-order valence-electron chi connectivity index (χ3n) is 2.98. The molecule has 2 N–H and O–H groups in total. The molecule has 0 bridgehead atoms. The molecule has 0 atom stereocenters. The molecule has 0 saturated heterocycles. The van der Waals surface area contributed by atoms with Gasteiger partial charge in [-0.3, -0.25) is 9.89 Å². The lowest BCUT2D eigenvalue weighted by Gasteiger charge is -2.08. The van der Waals surface area contributed by atoms with Crippen molar-refractivity contribution in [1.29, 1.82) is 0 Å². The predicted octanol–water partition coefficient (Wildman–Crippen LogP) is 2.26. The number of hydrogen-bond donors (Lipinski definition) is 2. The van der Waals surface area contributed by atoms with E-state index in [-0.39, 0.29) is 18.1 Å². The van der Waals surface area contributed by atoms with Gasteiger partial charge in [-0.25, -0.2) is 9.97 Å².